The average Bonchev–Trinajstić information content (AvgIpc) is 3.37. The van der Waals surface area contributed by atoms with Crippen LogP contribution in [0, 0.1) is 0 Å². The van der Waals surface area contributed by atoms with E-state index in [4.69, 9.17) is 9.26 Å². The molecule has 3 N–H and O–H groups in total. The van der Waals surface area contributed by atoms with Gasteiger partial charge in [0.05, 0.1) is 23.5 Å². The Morgan fingerprint density at radius 3 is 2.65 bits per heavy atom. The number of ether oxygens (including phenoxy) is 1. The lowest BCUT2D eigenvalue weighted by Gasteiger charge is -2.22. The molecule has 0 radical (unpaired) electrons. The van der Waals surface area contributed by atoms with Gasteiger partial charge in [-0.1, -0.05) is 17.3 Å². The van der Waals surface area contributed by atoms with E-state index in [1.807, 2.05) is 0 Å². The van der Waals surface area contributed by atoms with Crippen molar-refractivity contribution in [3.05, 3.63) is 48.5 Å². The van der Waals surface area contributed by atoms with Crippen LogP contribution < -0.4 is 5.32 Å². The number of fused-ring (bicyclic) bond motifs is 1. The molecule has 12 heteroatoms. The van der Waals surface area contributed by atoms with E-state index in [1.54, 1.807) is 45.0 Å². The number of hydrogen-bond donors (Lipinski definition) is 3. The molecule has 4 aromatic rings. The van der Waals surface area contributed by atoms with Crippen LogP contribution in [0.25, 0.3) is 22.4 Å². The van der Waals surface area contributed by atoms with Crippen LogP contribution in [0.4, 0.5) is 4.79 Å². The second-order valence-electron chi connectivity index (χ2n) is 8.41. The number of aromatic hydroxyl groups is 2. The summed E-state index contributed by atoms with van der Waals surface area (Å²) in [5.41, 5.74) is -0.0874. The standard InChI is InChI=1S/C22H22N6O6/c1-22(2,3)33-21(32)24-15(20(31)28-16-7-5-4-6-13(16)19(30)26-28)10-17-25-18(27-34-17)14-9-8-12(29)11-23-14/h4-9,11,15,29H,10H2,1-3H3,(H,24,32)(H,26,30). The molecular weight excluding hydrogens is 444 g/mol. The highest BCUT2D eigenvalue weighted by Gasteiger charge is 2.30. The summed E-state index contributed by atoms with van der Waals surface area (Å²) < 4.78 is 11.5. The number of rotatable bonds is 5. The predicted octanol–water partition coefficient (Wildman–Crippen LogP) is 2.67. The Kier molecular flexibility index (Phi) is 5.88. The van der Waals surface area contributed by atoms with Gasteiger partial charge in [-0.05, 0) is 45.0 Å². The number of carbonyl (C=O) groups excluding carboxylic acids is 2. The van der Waals surface area contributed by atoms with Crippen molar-refractivity contribution in [1.82, 2.24) is 30.2 Å². The molecule has 0 fully saturated rings. The Labute approximate surface area is 193 Å². The van der Waals surface area contributed by atoms with Crippen LogP contribution in [0.1, 0.15) is 31.5 Å². The summed E-state index contributed by atoms with van der Waals surface area (Å²) in [6.45, 7) is 5.08. The average molecular weight is 466 g/mol. The van der Waals surface area contributed by atoms with Crippen molar-refractivity contribution in [2.75, 3.05) is 0 Å². The molecule has 1 atom stereocenters. The van der Waals surface area contributed by atoms with E-state index in [0.29, 0.717) is 16.6 Å². The molecule has 4 rings (SSSR count). The Balaban J connectivity index is 1.63. The lowest BCUT2D eigenvalue weighted by Crippen LogP contribution is -2.46. The van der Waals surface area contributed by atoms with Crippen molar-refractivity contribution in [2.45, 2.75) is 38.8 Å². The summed E-state index contributed by atoms with van der Waals surface area (Å²) in [6.07, 6.45) is 0.223. The second-order valence-corrected chi connectivity index (χ2v) is 8.41. The normalized spacial score (nSPS) is 12.4. The number of para-hydroxylation sites is 1. The third-order valence-corrected chi connectivity index (χ3v) is 4.59. The third-order valence-electron chi connectivity index (χ3n) is 4.59. The smallest absolute Gasteiger partial charge is 0.408 e. The quantitative estimate of drug-likeness (QED) is 0.398. The highest BCUT2D eigenvalue weighted by Crippen LogP contribution is 2.24. The van der Waals surface area contributed by atoms with Crippen LogP contribution in [-0.4, -0.2) is 58.8 Å². The molecule has 0 saturated heterocycles. The SMILES string of the molecule is CC(C)(C)OC(=O)NC(Cc1nc(-c2ccc(O)cn2)no1)C(=O)n1nc(O)c2ccccc21. The minimum Gasteiger partial charge on any atom is -0.506 e. The van der Waals surface area contributed by atoms with E-state index >= 15 is 0 Å². The summed E-state index contributed by atoms with van der Waals surface area (Å²) in [6, 6.07) is 8.34. The maximum Gasteiger partial charge on any atom is 0.408 e. The lowest BCUT2D eigenvalue weighted by molar-refractivity contribution is 0.0478. The van der Waals surface area contributed by atoms with Crippen molar-refractivity contribution in [2.24, 2.45) is 0 Å². The fourth-order valence-corrected chi connectivity index (χ4v) is 3.15. The van der Waals surface area contributed by atoms with Gasteiger partial charge in [0.25, 0.3) is 5.91 Å². The Hall–Kier alpha value is -4.48. The van der Waals surface area contributed by atoms with E-state index in [1.165, 1.54) is 18.3 Å². The fraction of sp³-hybridized carbons (Fsp3) is 0.273. The highest BCUT2D eigenvalue weighted by atomic mass is 16.6. The number of amides is 1. The number of benzene rings is 1. The third kappa shape index (κ3) is 4.95. The molecule has 0 aliphatic heterocycles. The summed E-state index contributed by atoms with van der Waals surface area (Å²) in [5, 5.41) is 30.2. The molecule has 0 saturated carbocycles. The minimum atomic E-state index is -1.21. The maximum atomic E-state index is 13.4. The van der Waals surface area contributed by atoms with E-state index in [-0.39, 0.29) is 29.8 Å². The van der Waals surface area contributed by atoms with Gasteiger partial charge >= 0.3 is 6.09 Å². The van der Waals surface area contributed by atoms with Gasteiger partial charge in [0.15, 0.2) is 0 Å². The predicted molar refractivity (Wildman–Crippen MR) is 118 cm³/mol. The van der Waals surface area contributed by atoms with Crippen LogP contribution >= 0.6 is 0 Å². The lowest BCUT2D eigenvalue weighted by atomic mass is 10.1. The first-order valence-electron chi connectivity index (χ1n) is 10.3. The summed E-state index contributed by atoms with van der Waals surface area (Å²) in [7, 11) is 0. The topological polar surface area (TPSA) is 165 Å². The number of pyridine rings is 1. The maximum absolute atomic E-state index is 13.4. The van der Waals surface area contributed by atoms with Crippen molar-refractivity contribution >= 4 is 22.9 Å². The van der Waals surface area contributed by atoms with E-state index in [2.05, 4.69) is 25.5 Å². The number of nitrogens with one attached hydrogen (secondary N) is 1. The first-order chi connectivity index (χ1) is 16.1. The van der Waals surface area contributed by atoms with Crippen molar-refractivity contribution in [3.63, 3.8) is 0 Å². The molecule has 176 valence electrons. The summed E-state index contributed by atoms with van der Waals surface area (Å²) in [5.74, 6) is -0.807. The second kappa shape index (κ2) is 8.81. The zero-order chi connectivity index (χ0) is 24.5. The molecule has 34 heavy (non-hydrogen) atoms. The largest absolute Gasteiger partial charge is 0.506 e. The fourth-order valence-electron chi connectivity index (χ4n) is 3.15. The summed E-state index contributed by atoms with van der Waals surface area (Å²) >= 11 is 0. The van der Waals surface area contributed by atoms with Gasteiger partial charge in [-0.15, -0.1) is 5.10 Å². The molecule has 0 spiro atoms. The monoisotopic (exact) mass is 466 g/mol. The number of nitrogens with zero attached hydrogens (tertiary/aromatic N) is 5. The number of carbonyl (C=O) groups is 2. The minimum absolute atomic E-state index is 0.0191. The zero-order valence-corrected chi connectivity index (χ0v) is 18.6. The molecule has 3 aromatic heterocycles. The first kappa shape index (κ1) is 22.7. The molecule has 0 bridgehead atoms. The summed E-state index contributed by atoms with van der Waals surface area (Å²) in [4.78, 5) is 34.1. The molecule has 1 amide bonds. The molecule has 12 nitrogen and oxygen atoms in total. The molecule has 3 heterocycles. The van der Waals surface area contributed by atoms with Gasteiger partial charge in [-0.25, -0.2) is 9.78 Å². The van der Waals surface area contributed by atoms with Crippen LogP contribution in [0.5, 0.6) is 11.6 Å². The molecular formula is C22H22N6O6. The van der Waals surface area contributed by atoms with Gasteiger partial charge < -0.3 is 24.8 Å². The molecule has 0 aliphatic rings. The van der Waals surface area contributed by atoms with Crippen molar-refractivity contribution in [3.8, 4) is 23.1 Å². The Morgan fingerprint density at radius 1 is 1.18 bits per heavy atom. The van der Waals surface area contributed by atoms with Crippen molar-refractivity contribution in [1.29, 1.82) is 0 Å². The van der Waals surface area contributed by atoms with Crippen LogP contribution in [-0.2, 0) is 11.2 Å². The Bertz CT molecular complexity index is 1340. The number of aromatic nitrogens is 5. The zero-order valence-electron chi connectivity index (χ0n) is 18.6. The van der Waals surface area contributed by atoms with E-state index < -0.39 is 23.6 Å². The van der Waals surface area contributed by atoms with Crippen LogP contribution in [0.2, 0.25) is 0 Å². The van der Waals surface area contributed by atoms with Gasteiger partial charge in [-0.3, -0.25) is 4.79 Å². The van der Waals surface area contributed by atoms with Gasteiger partial charge in [0.2, 0.25) is 17.6 Å². The van der Waals surface area contributed by atoms with Crippen molar-refractivity contribution < 1.29 is 29.1 Å². The van der Waals surface area contributed by atoms with Crippen LogP contribution in [0.3, 0.4) is 0 Å². The molecule has 1 aromatic carbocycles. The van der Waals surface area contributed by atoms with Gasteiger partial charge in [0, 0.05) is 0 Å². The van der Waals surface area contributed by atoms with Gasteiger partial charge in [-0.2, -0.15) is 9.67 Å². The highest BCUT2D eigenvalue weighted by molar-refractivity contribution is 5.96. The van der Waals surface area contributed by atoms with E-state index in [0.717, 1.165) is 4.68 Å². The number of hydrogen-bond acceptors (Lipinski definition) is 10. The number of alkyl carbamates (subject to hydrolysis) is 1. The molecule has 1 unspecified atom stereocenters. The first-order valence-corrected chi connectivity index (χ1v) is 10.3. The van der Waals surface area contributed by atoms with Gasteiger partial charge in [0.1, 0.15) is 23.1 Å². The molecule has 0 aliphatic carbocycles. The Morgan fingerprint density at radius 2 is 1.94 bits per heavy atom. The van der Waals surface area contributed by atoms with Crippen LogP contribution in [0.15, 0.2) is 47.1 Å². The van der Waals surface area contributed by atoms with E-state index in [9.17, 15) is 19.8 Å².